The van der Waals surface area contributed by atoms with Crippen LogP contribution in [-0.4, -0.2) is 11.2 Å². The number of para-hydroxylation sites is 1. The first-order valence-corrected chi connectivity index (χ1v) is 12.4. The number of nitrogens with one attached hydrogen (secondary N) is 1. The van der Waals surface area contributed by atoms with Crippen molar-refractivity contribution in [3.8, 4) is 5.75 Å². The molecule has 0 bridgehead atoms. The third-order valence-corrected chi connectivity index (χ3v) is 6.42. The Kier molecular flexibility index (Phi) is 7.00. The minimum atomic E-state index is 0.326. The van der Waals surface area contributed by atoms with Crippen LogP contribution >= 0.6 is 31.9 Å². The summed E-state index contributed by atoms with van der Waals surface area (Å²) in [6, 6.07) is 32.5. The Labute approximate surface area is 215 Å². The van der Waals surface area contributed by atoms with Crippen LogP contribution in [0.2, 0.25) is 0 Å². The monoisotopic (exact) mass is 576 g/mol. The fourth-order valence-corrected chi connectivity index (χ4v) is 4.57. The van der Waals surface area contributed by atoms with Gasteiger partial charge in [0.05, 0.1) is 23.3 Å². The standard InChI is InChI=1S/C28H22Br2N2O2/c29-21-11-13-27-25(15-21)26-16-22(30)12-14-28(26)32(27)17-23(19-33-24-9-5-2-6-10-24)31-34-18-20-7-3-1-4-8-20/h1-17,31H,18-19H2/b23-17-. The van der Waals surface area contributed by atoms with E-state index in [-0.39, 0.29) is 0 Å². The van der Waals surface area contributed by atoms with Crippen LogP contribution in [0.4, 0.5) is 0 Å². The van der Waals surface area contributed by atoms with Crippen LogP contribution in [0.25, 0.3) is 28.0 Å². The summed E-state index contributed by atoms with van der Waals surface area (Å²) in [5, 5.41) is 2.32. The van der Waals surface area contributed by atoms with E-state index in [4.69, 9.17) is 9.57 Å². The molecule has 0 saturated carbocycles. The number of hydrogen-bond acceptors (Lipinski definition) is 3. The van der Waals surface area contributed by atoms with E-state index in [9.17, 15) is 0 Å². The molecule has 1 aromatic heterocycles. The summed E-state index contributed by atoms with van der Waals surface area (Å²) in [7, 11) is 0. The van der Waals surface area contributed by atoms with Gasteiger partial charge in [0.1, 0.15) is 12.4 Å². The zero-order valence-corrected chi connectivity index (χ0v) is 21.4. The summed E-state index contributed by atoms with van der Waals surface area (Å²) in [5.41, 5.74) is 7.20. The molecule has 4 aromatic carbocycles. The van der Waals surface area contributed by atoms with Gasteiger partial charge in [0.2, 0.25) is 0 Å². The fourth-order valence-electron chi connectivity index (χ4n) is 3.85. The predicted octanol–water partition coefficient (Wildman–Crippen LogP) is 7.92. The van der Waals surface area contributed by atoms with Crippen LogP contribution in [0.3, 0.4) is 0 Å². The molecule has 0 aliphatic heterocycles. The molecule has 5 aromatic rings. The van der Waals surface area contributed by atoms with Crippen molar-refractivity contribution in [1.29, 1.82) is 0 Å². The van der Waals surface area contributed by atoms with Crippen molar-refractivity contribution < 1.29 is 9.57 Å². The van der Waals surface area contributed by atoms with Gasteiger partial charge in [-0.2, -0.15) is 0 Å². The Morgan fingerprint density at radius 1 is 0.765 bits per heavy atom. The molecular weight excluding hydrogens is 556 g/mol. The molecule has 6 heteroatoms. The highest BCUT2D eigenvalue weighted by molar-refractivity contribution is 9.10. The number of ether oxygens (including phenoxy) is 1. The largest absolute Gasteiger partial charge is 0.487 e. The molecule has 0 unspecified atom stereocenters. The second kappa shape index (κ2) is 10.5. The van der Waals surface area contributed by atoms with Gasteiger partial charge in [-0.15, -0.1) is 0 Å². The molecule has 5 rings (SSSR count). The quantitative estimate of drug-likeness (QED) is 0.190. The molecule has 0 aliphatic carbocycles. The summed E-state index contributed by atoms with van der Waals surface area (Å²) in [4.78, 5) is 5.85. The van der Waals surface area contributed by atoms with E-state index in [1.807, 2.05) is 66.9 Å². The second-order valence-corrected chi connectivity index (χ2v) is 9.66. The number of aromatic nitrogens is 1. The first kappa shape index (κ1) is 22.7. The average molecular weight is 578 g/mol. The van der Waals surface area contributed by atoms with Gasteiger partial charge in [0, 0.05) is 25.9 Å². The lowest BCUT2D eigenvalue weighted by atomic mass is 10.2. The maximum Gasteiger partial charge on any atom is 0.131 e. The lowest BCUT2D eigenvalue weighted by molar-refractivity contribution is 0.0436. The molecule has 0 aliphatic rings. The molecule has 1 heterocycles. The van der Waals surface area contributed by atoms with Gasteiger partial charge in [-0.3, -0.25) is 10.3 Å². The first-order chi connectivity index (χ1) is 16.7. The van der Waals surface area contributed by atoms with Crippen LogP contribution in [0, 0.1) is 0 Å². The highest BCUT2D eigenvalue weighted by atomic mass is 79.9. The lowest BCUT2D eigenvalue weighted by Gasteiger charge is -2.14. The van der Waals surface area contributed by atoms with E-state index in [0.717, 1.165) is 47.8 Å². The first-order valence-electron chi connectivity index (χ1n) is 10.9. The minimum absolute atomic E-state index is 0.326. The smallest absolute Gasteiger partial charge is 0.131 e. The third-order valence-electron chi connectivity index (χ3n) is 5.43. The zero-order chi connectivity index (χ0) is 23.3. The Morgan fingerprint density at radius 3 is 1.97 bits per heavy atom. The van der Waals surface area contributed by atoms with Crippen molar-refractivity contribution in [2.24, 2.45) is 0 Å². The molecule has 0 radical (unpaired) electrons. The van der Waals surface area contributed by atoms with Crippen molar-refractivity contribution >= 4 is 59.9 Å². The Morgan fingerprint density at radius 2 is 1.35 bits per heavy atom. The summed E-state index contributed by atoms with van der Waals surface area (Å²) < 4.78 is 10.3. The topological polar surface area (TPSA) is 35.4 Å². The summed E-state index contributed by atoms with van der Waals surface area (Å²) >= 11 is 7.23. The van der Waals surface area contributed by atoms with Crippen LogP contribution < -0.4 is 10.2 Å². The van der Waals surface area contributed by atoms with E-state index in [2.05, 4.69) is 78.3 Å². The molecule has 4 nitrogen and oxygen atoms in total. The number of fused-ring (bicyclic) bond motifs is 3. The van der Waals surface area contributed by atoms with E-state index in [0.29, 0.717) is 13.2 Å². The van der Waals surface area contributed by atoms with Crippen molar-refractivity contribution in [1.82, 2.24) is 10.0 Å². The van der Waals surface area contributed by atoms with Crippen molar-refractivity contribution in [2.45, 2.75) is 6.61 Å². The molecule has 170 valence electrons. The average Bonchev–Trinajstić information content (AvgIpc) is 3.15. The van der Waals surface area contributed by atoms with Crippen LogP contribution in [0.1, 0.15) is 5.56 Å². The second-order valence-electron chi connectivity index (χ2n) is 7.83. The molecule has 0 atom stereocenters. The molecule has 0 fully saturated rings. The number of hydroxylamine groups is 1. The van der Waals surface area contributed by atoms with Crippen LogP contribution in [0.5, 0.6) is 5.75 Å². The normalized spacial score (nSPS) is 11.8. The summed E-state index contributed by atoms with van der Waals surface area (Å²) in [6.07, 6.45) is 2.04. The molecule has 0 amide bonds. The van der Waals surface area contributed by atoms with Gasteiger partial charge in [0.25, 0.3) is 0 Å². The third kappa shape index (κ3) is 5.20. The SMILES string of the molecule is Brc1ccc2c(c1)c1cc(Br)ccc1n2/C=C(/COc1ccccc1)NOCc1ccccc1. The Bertz CT molecular complexity index is 1390. The maximum atomic E-state index is 6.04. The van der Waals surface area contributed by atoms with Gasteiger partial charge in [0.15, 0.2) is 0 Å². The number of halogens is 2. The van der Waals surface area contributed by atoms with Crippen molar-refractivity contribution in [3.63, 3.8) is 0 Å². The summed E-state index contributed by atoms with van der Waals surface area (Å²) in [6.45, 7) is 0.767. The highest BCUT2D eigenvalue weighted by Crippen LogP contribution is 2.33. The van der Waals surface area contributed by atoms with E-state index < -0.39 is 0 Å². The van der Waals surface area contributed by atoms with Gasteiger partial charge in [-0.1, -0.05) is 80.4 Å². The molecule has 0 spiro atoms. The summed E-state index contributed by atoms with van der Waals surface area (Å²) in [5.74, 6) is 0.799. The van der Waals surface area contributed by atoms with Crippen molar-refractivity contribution in [2.75, 3.05) is 6.61 Å². The molecular formula is C28H22Br2N2O2. The molecule has 1 N–H and O–H groups in total. The zero-order valence-electron chi connectivity index (χ0n) is 18.2. The Hall–Kier alpha value is -3.06. The number of rotatable bonds is 8. The molecule has 34 heavy (non-hydrogen) atoms. The lowest BCUT2D eigenvalue weighted by Crippen LogP contribution is -2.20. The van der Waals surface area contributed by atoms with Crippen molar-refractivity contribution in [3.05, 3.63) is 117 Å². The number of benzene rings is 4. The van der Waals surface area contributed by atoms with Gasteiger partial charge in [-0.05, 0) is 54.1 Å². The fraction of sp³-hybridized carbons (Fsp3) is 0.0714. The highest BCUT2D eigenvalue weighted by Gasteiger charge is 2.12. The van der Waals surface area contributed by atoms with Crippen LogP contribution in [-0.2, 0) is 11.4 Å². The van der Waals surface area contributed by atoms with Gasteiger partial charge in [-0.25, -0.2) is 0 Å². The number of nitrogens with zero attached hydrogens (tertiary/aromatic N) is 1. The van der Waals surface area contributed by atoms with Gasteiger partial charge >= 0.3 is 0 Å². The molecule has 0 saturated heterocycles. The van der Waals surface area contributed by atoms with E-state index in [1.54, 1.807) is 0 Å². The maximum absolute atomic E-state index is 6.04. The minimum Gasteiger partial charge on any atom is -0.487 e. The van der Waals surface area contributed by atoms with Crippen LogP contribution in [0.15, 0.2) is 112 Å². The Balaban J connectivity index is 1.51. The van der Waals surface area contributed by atoms with Gasteiger partial charge < -0.3 is 9.30 Å². The van der Waals surface area contributed by atoms with E-state index >= 15 is 0 Å². The van der Waals surface area contributed by atoms with E-state index in [1.165, 1.54) is 0 Å². The number of hydrogen-bond donors (Lipinski definition) is 1. The predicted molar refractivity (Wildman–Crippen MR) is 145 cm³/mol.